The average molecular weight is 236 g/mol. The Morgan fingerprint density at radius 3 is 2.82 bits per heavy atom. The van der Waals surface area contributed by atoms with Gasteiger partial charge in [0.25, 0.3) is 0 Å². The number of carboxylic acid groups (broad SMARTS) is 1. The number of esters is 1. The molecule has 0 aliphatic heterocycles. The number of carboxylic acids is 1. The van der Waals surface area contributed by atoms with Gasteiger partial charge in [-0.3, -0.25) is 0 Å². The molecule has 0 amide bonds. The molecule has 17 heavy (non-hydrogen) atoms. The van der Waals surface area contributed by atoms with Gasteiger partial charge >= 0.3 is 11.9 Å². The average Bonchev–Trinajstić information content (AvgIpc) is 2.34. The Labute approximate surface area is 98.3 Å². The van der Waals surface area contributed by atoms with E-state index in [-0.39, 0.29) is 0 Å². The second-order valence-corrected chi connectivity index (χ2v) is 3.11. The molecule has 5 nitrogen and oxygen atoms in total. The monoisotopic (exact) mass is 236 g/mol. The third-order valence-electron chi connectivity index (χ3n) is 1.83. The van der Waals surface area contributed by atoms with Crippen molar-refractivity contribution in [3.05, 3.63) is 35.9 Å². The van der Waals surface area contributed by atoms with Crippen molar-refractivity contribution in [3.8, 4) is 5.75 Å². The van der Waals surface area contributed by atoms with E-state index in [4.69, 9.17) is 9.84 Å². The van der Waals surface area contributed by atoms with Gasteiger partial charge in [-0.25, -0.2) is 9.59 Å². The molecule has 0 spiro atoms. The first-order valence-corrected chi connectivity index (χ1v) is 4.82. The van der Waals surface area contributed by atoms with Gasteiger partial charge in [-0.15, -0.1) is 0 Å². The van der Waals surface area contributed by atoms with Crippen LogP contribution in [0.3, 0.4) is 0 Å². The van der Waals surface area contributed by atoms with Crippen LogP contribution < -0.4 is 4.74 Å². The molecular formula is C12H12O5. The normalized spacial score (nSPS) is 10.2. The van der Waals surface area contributed by atoms with Gasteiger partial charge in [0.2, 0.25) is 0 Å². The fraction of sp³-hybridized carbons (Fsp3) is 0.167. The van der Waals surface area contributed by atoms with E-state index in [1.54, 1.807) is 30.3 Å². The molecule has 0 saturated heterocycles. The number of hydrogen-bond donors (Lipinski definition) is 1. The van der Waals surface area contributed by atoms with Gasteiger partial charge in [-0.05, 0) is 23.8 Å². The first kappa shape index (κ1) is 12.8. The zero-order valence-electron chi connectivity index (χ0n) is 9.25. The van der Waals surface area contributed by atoms with Gasteiger partial charge in [-0.2, -0.15) is 0 Å². The van der Waals surface area contributed by atoms with Crippen LogP contribution >= 0.6 is 0 Å². The van der Waals surface area contributed by atoms with E-state index in [9.17, 15) is 9.59 Å². The van der Waals surface area contributed by atoms with Crippen LogP contribution in [0, 0.1) is 0 Å². The summed E-state index contributed by atoms with van der Waals surface area (Å²) >= 11 is 0. The Bertz CT molecular complexity index is 436. The molecule has 0 radical (unpaired) electrons. The van der Waals surface area contributed by atoms with Gasteiger partial charge in [0, 0.05) is 6.08 Å². The largest absolute Gasteiger partial charge is 0.482 e. The summed E-state index contributed by atoms with van der Waals surface area (Å²) < 4.78 is 9.44. The van der Waals surface area contributed by atoms with E-state index in [2.05, 4.69) is 4.74 Å². The first-order chi connectivity index (χ1) is 8.11. The van der Waals surface area contributed by atoms with Crippen LogP contribution in [0.1, 0.15) is 5.56 Å². The molecule has 1 aromatic rings. The van der Waals surface area contributed by atoms with Gasteiger partial charge in [-0.1, -0.05) is 12.1 Å². The summed E-state index contributed by atoms with van der Waals surface area (Å²) in [6, 6.07) is 6.72. The molecule has 0 fully saturated rings. The van der Waals surface area contributed by atoms with Crippen LogP contribution in [0.2, 0.25) is 0 Å². The number of aliphatic carboxylic acids is 1. The minimum absolute atomic E-state index is 0.399. The molecule has 0 aliphatic carbocycles. The fourth-order valence-corrected chi connectivity index (χ4v) is 1.09. The molecule has 0 aromatic heterocycles. The van der Waals surface area contributed by atoms with Gasteiger partial charge in [0.15, 0.2) is 6.61 Å². The van der Waals surface area contributed by atoms with Crippen molar-refractivity contribution < 1.29 is 24.2 Å². The maximum absolute atomic E-state index is 10.9. The smallest absolute Gasteiger partial charge is 0.341 e. The summed E-state index contributed by atoms with van der Waals surface area (Å²) in [6.07, 6.45) is 2.83. The van der Waals surface area contributed by atoms with E-state index >= 15 is 0 Å². The first-order valence-electron chi connectivity index (χ1n) is 4.82. The second-order valence-electron chi connectivity index (χ2n) is 3.11. The van der Waals surface area contributed by atoms with Crippen LogP contribution in [0.5, 0.6) is 5.75 Å². The highest BCUT2D eigenvalue weighted by molar-refractivity contribution is 5.86. The van der Waals surface area contributed by atoms with Crippen molar-refractivity contribution >= 4 is 18.0 Å². The minimum atomic E-state index is -1.04. The highest BCUT2D eigenvalue weighted by Crippen LogP contribution is 2.14. The van der Waals surface area contributed by atoms with Crippen molar-refractivity contribution in [3.63, 3.8) is 0 Å². The highest BCUT2D eigenvalue weighted by atomic mass is 16.5. The topological polar surface area (TPSA) is 72.8 Å². The van der Waals surface area contributed by atoms with Crippen LogP contribution in [0.25, 0.3) is 6.08 Å². The van der Waals surface area contributed by atoms with E-state index in [0.29, 0.717) is 5.75 Å². The van der Waals surface area contributed by atoms with Crippen molar-refractivity contribution in [1.29, 1.82) is 0 Å². The zero-order valence-corrected chi connectivity index (χ0v) is 9.25. The van der Waals surface area contributed by atoms with Crippen LogP contribution in [-0.4, -0.2) is 30.8 Å². The van der Waals surface area contributed by atoms with E-state index in [1.807, 2.05) is 0 Å². The molecule has 90 valence electrons. The Morgan fingerprint density at radius 2 is 2.18 bits per heavy atom. The molecule has 0 saturated carbocycles. The van der Waals surface area contributed by atoms with Crippen molar-refractivity contribution in [1.82, 2.24) is 0 Å². The number of carbonyl (C=O) groups is 2. The molecule has 0 bridgehead atoms. The lowest BCUT2D eigenvalue weighted by Crippen LogP contribution is -2.09. The molecule has 5 heteroatoms. The molecular weight excluding hydrogens is 224 g/mol. The lowest BCUT2D eigenvalue weighted by atomic mass is 10.2. The van der Waals surface area contributed by atoms with Crippen molar-refractivity contribution in [2.45, 2.75) is 0 Å². The Morgan fingerprint density at radius 1 is 1.41 bits per heavy atom. The highest BCUT2D eigenvalue weighted by Gasteiger charge is 1.99. The maximum atomic E-state index is 10.9. The number of rotatable bonds is 5. The second kappa shape index (κ2) is 6.32. The summed E-state index contributed by atoms with van der Waals surface area (Å²) in [5, 5.41) is 8.45. The standard InChI is InChI=1S/C12H12O5/c1-16-12(15)6-5-9-3-2-4-10(7-9)17-8-11(13)14/h2-7H,8H2,1H3,(H,13,14). The third-order valence-corrected chi connectivity index (χ3v) is 1.83. The lowest BCUT2D eigenvalue weighted by Gasteiger charge is -2.03. The molecule has 1 aromatic carbocycles. The molecule has 0 unspecified atom stereocenters. The molecule has 0 aliphatic rings. The summed E-state index contributed by atoms with van der Waals surface area (Å²) in [5.74, 6) is -1.07. The van der Waals surface area contributed by atoms with Crippen LogP contribution in [0.4, 0.5) is 0 Å². The van der Waals surface area contributed by atoms with E-state index < -0.39 is 18.5 Å². The third kappa shape index (κ3) is 4.83. The number of benzene rings is 1. The predicted octanol–water partition coefficient (Wildman–Crippen LogP) is 1.34. The number of hydrogen-bond acceptors (Lipinski definition) is 4. The van der Waals surface area contributed by atoms with E-state index in [1.165, 1.54) is 13.2 Å². The summed E-state index contributed by atoms with van der Waals surface area (Å²) in [7, 11) is 1.29. The number of methoxy groups -OCH3 is 1. The Kier molecular flexibility index (Phi) is 4.75. The van der Waals surface area contributed by atoms with Crippen molar-refractivity contribution in [2.24, 2.45) is 0 Å². The zero-order chi connectivity index (χ0) is 12.7. The van der Waals surface area contributed by atoms with Gasteiger partial charge in [0.05, 0.1) is 7.11 Å². The lowest BCUT2D eigenvalue weighted by molar-refractivity contribution is -0.139. The molecule has 1 rings (SSSR count). The minimum Gasteiger partial charge on any atom is -0.482 e. The Balaban J connectivity index is 2.68. The molecule has 0 atom stereocenters. The molecule has 0 heterocycles. The fourth-order valence-electron chi connectivity index (χ4n) is 1.09. The van der Waals surface area contributed by atoms with E-state index in [0.717, 1.165) is 5.56 Å². The summed E-state index contributed by atoms with van der Waals surface area (Å²) in [6.45, 7) is -0.399. The summed E-state index contributed by atoms with van der Waals surface area (Å²) in [4.78, 5) is 21.2. The Hall–Kier alpha value is -2.30. The van der Waals surface area contributed by atoms with Crippen LogP contribution in [-0.2, 0) is 14.3 Å². The van der Waals surface area contributed by atoms with Gasteiger partial charge in [0.1, 0.15) is 5.75 Å². The predicted molar refractivity (Wildman–Crippen MR) is 60.6 cm³/mol. The number of carbonyl (C=O) groups excluding carboxylic acids is 1. The SMILES string of the molecule is COC(=O)C=Cc1cccc(OCC(=O)O)c1. The maximum Gasteiger partial charge on any atom is 0.341 e. The van der Waals surface area contributed by atoms with Crippen molar-refractivity contribution in [2.75, 3.05) is 13.7 Å². The number of ether oxygens (including phenoxy) is 2. The summed E-state index contributed by atoms with van der Waals surface area (Å²) in [5.41, 5.74) is 0.721. The van der Waals surface area contributed by atoms with Gasteiger partial charge < -0.3 is 14.6 Å². The van der Waals surface area contributed by atoms with Crippen LogP contribution in [0.15, 0.2) is 30.3 Å². The molecule has 1 N–H and O–H groups in total. The quantitative estimate of drug-likeness (QED) is 0.616.